The second kappa shape index (κ2) is 3.17. The molecule has 0 aliphatic carbocycles. The fourth-order valence-corrected chi connectivity index (χ4v) is 2.53. The number of nitrogens with zero attached hydrogens (tertiary/aromatic N) is 1. The zero-order valence-corrected chi connectivity index (χ0v) is 9.66. The van der Waals surface area contributed by atoms with Crippen LogP contribution in [0.3, 0.4) is 0 Å². The Morgan fingerprint density at radius 3 is 1.71 bits per heavy atom. The van der Waals surface area contributed by atoms with Gasteiger partial charge < -0.3 is 15.1 Å². The van der Waals surface area contributed by atoms with Crippen LogP contribution in [0.15, 0.2) is 0 Å². The lowest BCUT2D eigenvalue weighted by molar-refractivity contribution is -0.324. The van der Waals surface area contributed by atoms with Crippen LogP contribution in [0.5, 0.6) is 0 Å². The predicted octanol–water partition coefficient (Wildman–Crippen LogP) is 1.36. The molecule has 1 saturated heterocycles. The van der Waals surface area contributed by atoms with Crippen molar-refractivity contribution in [3.8, 4) is 0 Å². The molecule has 0 unspecified atom stereocenters. The van der Waals surface area contributed by atoms with Gasteiger partial charge in [0.1, 0.15) is 0 Å². The molecule has 0 aromatic rings. The number of hydroxylamine groups is 2. The van der Waals surface area contributed by atoms with Gasteiger partial charge in [-0.05, 0) is 27.7 Å². The number of rotatable bonds is 1. The second-order valence-corrected chi connectivity index (χ2v) is 5.44. The zero-order chi connectivity index (χ0) is 11.2. The van der Waals surface area contributed by atoms with Crippen molar-refractivity contribution in [2.45, 2.75) is 57.4 Å². The molecular weight excluding hydrogens is 182 g/mol. The molecule has 0 amide bonds. The molecule has 0 atom stereocenters. The normalized spacial score (nSPS) is 30.2. The molecule has 1 rings (SSSR count). The average molecular weight is 203 g/mol. The standard InChI is InChI=1S/C10H21NO3/c1-8(2)6-10(12,14-5)7-9(3,4)11(8)13/h12-13H,6-7H2,1-5H3. The Morgan fingerprint density at radius 2 is 1.43 bits per heavy atom. The van der Waals surface area contributed by atoms with Gasteiger partial charge in [-0.1, -0.05) is 0 Å². The fourth-order valence-electron chi connectivity index (χ4n) is 2.53. The number of aliphatic hydroxyl groups is 1. The summed E-state index contributed by atoms with van der Waals surface area (Å²) in [5.41, 5.74) is -0.959. The monoisotopic (exact) mass is 203 g/mol. The van der Waals surface area contributed by atoms with E-state index < -0.39 is 16.9 Å². The minimum absolute atomic E-state index is 0.399. The third-order valence-corrected chi connectivity index (χ3v) is 2.94. The third kappa shape index (κ3) is 1.93. The van der Waals surface area contributed by atoms with E-state index in [-0.39, 0.29) is 0 Å². The van der Waals surface area contributed by atoms with Crippen molar-refractivity contribution in [2.75, 3.05) is 7.11 Å². The maximum atomic E-state index is 10.1. The molecule has 1 fully saturated rings. The van der Waals surface area contributed by atoms with Crippen LogP contribution >= 0.6 is 0 Å². The van der Waals surface area contributed by atoms with Crippen molar-refractivity contribution in [3.63, 3.8) is 0 Å². The summed E-state index contributed by atoms with van der Waals surface area (Å²) < 4.78 is 5.12. The number of hydrogen-bond acceptors (Lipinski definition) is 4. The first kappa shape index (κ1) is 11.9. The van der Waals surface area contributed by atoms with E-state index in [0.717, 1.165) is 0 Å². The van der Waals surface area contributed by atoms with E-state index in [1.807, 2.05) is 27.7 Å². The number of ether oxygens (including phenoxy) is 1. The van der Waals surface area contributed by atoms with Crippen molar-refractivity contribution in [3.05, 3.63) is 0 Å². The van der Waals surface area contributed by atoms with Gasteiger partial charge in [0, 0.05) is 31.0 Å². The van der Waals surface area contributed by atoms with Gasteiger partial charge >= 0.3 is 0 Å². The molecule has 2 N–H and O–H groups in total. The van der Waals surface area contributed by atoms with Crippen LogP contribution in [-0.2, 0) is 4.74 Å². The molecule has 0 aromatic heterocycles. The van der Waals surface area contributed by atoms with E-state index in [9.17, 15) is 10.3 Å². The topological polar surface area (TPSA) is 52.9 Å². The molecule has 0 aromatic carbocycles. The van der Waals surface area contributed by atoms with Crippen LogP contribution in [0.1, 0.15) is 40.5 Å². The number of hydrogen-bond donors (Lipinski definition) is 2. The lowest BCUT2D eigenvalue weighted by Crippen LogP contribution is -2.64. The maximum absolute atomic E-state index is 10.1. The van der Waals surface area contributed by atoms with Gasteiger partial charge in [0.25, 0.3) is 0 Å². The van der Waals surface area contributed by atoms with Crippen LogP contribution in [0.25, 0.3) is 0 Å². The molecule has 1 aliphatic heterocycles. The Balaban J connectivity index is 2.97. The molecule has 14 heavy (non-hydrogen) atoms. The first-order chi connectivity index (χ1) is 6.13. The number of piperidine rings is 1. The Morgan fingerprint density at radius 1 is 1.07 bits per heavy atom. The van der Waals surface area contributed by atoms with Gasteiger partial charge in [-0.2, -0.15) is 5.06 Å². The molecule has 4 nitrogen and oxygen atoms in total. The van der Waals surface area contributed by atoms with Gasteiger partial charge in [-0.15, -0.1) is 0 Å². The summed E-state index contributed by atoms with van der Waals surface area (Å²) in [7, 11) is 1.50. The fraction of sp³-hybridized carbons (Fsp3) is 1.00. The van der Waals surface area contributed by atoms with Crippen molar-refractivity contribution >= 4 is 0 Å². The van der Waals surface area contributed by atoms with E-state index >= 15 is 0 Å². The van der Waals surface area contributed by atoms with E-state index in [2.05, 4.69) is 0 Å². The molecule has 0 saturated carbocycles. The van der Waals surface area contributed by atoms with Crippen molar-refractivity contribution in [1.82, 2.24) is 5.06 Å². The highest BCUT2D eigenvalue weighted by atomic mass is 16.6. The van der Waals surface area contributed by atoms with Gasteiger partial charge in [0.15, 0.2) is 5.79 Å². The highest BCUT2D eigenvalue weighted by Gasteiger charge is 2.51. The Hall–Kier alpha value is -0.160. The first-order valence-corrected chi connectivity index (χ1v) is 4.90. The van der Waals surface area contributed by atoms with Gasteiger partial charge in [0.2, 0.25) is 0 Å². The minimum atomic E-state index is -1.13. The first-order valence-electron chi connectivity index (χ1n) is 4.90. The molecule has 0 bridgehead atoms. The molecule has 1 heterocycles. The highest BCUT2D eigenvalue weighted by molar-refractivity contribution is 4.99. The lowest BCUT2D eigenvalue weighted by atomic mass is 9.78. The van der Waals surface area contributed by atoms with E-state index in [0.29, 0.717) is 12.8 Å². The van der Waals surface area contributed by atoms with Gasteiger partial charge in [-0.3, -0.25) is 0 Å². The van der Waals surface area contributed by atoms with Crippen molar-refractivity contribution in [2.24, 2.45) is 0 Å². The molecule has 1 aliphatic rings. The largest absolute Gasteiger partial charge is 0.365 e. The molecule has 84 valence electrons. The molecular formula is C10H21NO3. The summed E-state index contributed by atoms with van der Waals surface area (Å²) in [5.74, 6) is -1.13. The summed E-state index contributed by atoms with van der Waals surface area (Å²) in [4.78, 5) is 0. The summed E-state index contributed by atoms with van der Waals surface area (Å²) >= 11 is 0. The smallest absolute Gasteiger partial charge is 0.168 e. The van der Waals surface area contributed by atoms with Crippen LogP contribution in [0.4, 0.5) is 0 Å². The zero-order valence-electron chi connectivity index (χ0n) is 9.66. The van der Waals surface area contributed by atoms with Crippen LogP contribution < -0.4 is 0 Å². The Kier molecular flexibility index (Phi) is 2.69. The van der Waals surface area contributed by atoms with Crippen molar-refractivity contribution < 1.29 is 15.1 Å². The quantitative estimate of drug-likeness (QED) is 0.632. The third-order valence-electron chi connectivity index (χ3n) is 2.94. The molecule has 0 spiro atoms. The highest BCUT2D eigenvalue weighted by Crippen LogP contribution is 2.42. The van der Waals surface area contributed by atoms with Gasteiger partial charge in [-0.25, -0.2) is 0 Å². The average Bonchev–Trinajstić information content (AvgIpc) is 1.99. The van der Waals surface area contributed by atoms with E-state index in [4.69, 9.17) is 4.74 Å². The second-order valence-electron chi connectivity index (χ2n) is 5.44. The summed E-state index contributed by atoms with van der Waals surface area (Å²) in [6, 6.07) is 0. The van der Waals surface area contributed by atoms with E-state index in [1.54, 1.807) is 0 Å². The maximum Gasteiger partial charge on any atom is 0.168 e. The summed E-state index contributed by atoms with van der Waals surface area (Å²) in [6.45, 7) is 7.55. The van der Waals surface area contributed by atoms with Crippen LogP contribution in [0, 0.1) is 0 Å². The van der Waals surface area contributed by atoms with Gasteiger partial charge in [0.05, 0.1) is 0 Å². The SMILES string of the molecule is COC1(O)CC(C)(C)N(O)C(C)(C)C1. The van der Waals surface area contributed by atoms with Crippen LogP contribution in [-0.4, -0.2) is 39.4 Å². The lowest BCUT2D eigenvalue weighted by Gasteiger charge is -2.53. The summed E-state index contributed by atoms with van der Waals surface area (Å²) in [6.07, 6.45) is 0.798. The Labute approximate surface area is 85.4 Å². The van der Waals surface area contributed by atoms with Crippen LogP contribution in [0.2, 0.25) is 0 Å². The predicted molar refractivity (Wildman–Crippen MR) is 53.0 cm³/mol. The summed E-state index contributed by atoms with van der Waals surface area (Å²) in [5, 5.41) is 21.4. The van der Waals surface area contributed by atoms with Crippen molar-refractivity contribution in [1.29, 1.82) is 0 Å². The number of methoxy groups -OCH3 is 1. The molecule has 0 radical (unpaired) electrons. The molecule has 4 heteroatoms. The minimum Gasteiger partial charge on any atom is -0.365 e. The Bertz CT molecular complexity index is 202. The van der Waals surface area contributed by atoms with E-state index in [1.165, 1.54) is 12.2 Å².